The van der Waals surface area contributed by atoms with Gasteiger partial charge in [0.15, 0.2) is 0 Å². The van der Waals surface area contributed by atoms with E-state index in [9.17, 15) is 0 Å². The minimum absolute atomic E-state index is 0. The van der Waals surface area contributed by atoms with Gasteiger partial charge in [-0.3, -0.25) is 9.97 Å². The van der Waals surface area contributed by atoms with E-state index in [1.807, 2.05) is 36.9 Å². The molecule has 5 aromatic carbocycles. The fourth-order valence-corrected chi connectivity index (χ4v) is 7.01. The van der Waals surface area contributed by atoms with Crippen LogP contribution < -0.4 is 4.74 Å². The first kappa shape index (κ1) is 27.5. The molecule has 0 fully saturated rings. The summed E-state index contributed by atoms with van der Waals surface area (Å²) in [5.74, 6) is 1.22. The first-order valence-corrected chi connectivity index (χ1v) is 14.7. The van der Waals surface area contributed by atoms with E-state index >= 15 is 0 Å². The monoisotopic (exact) mass is 761 g/mol. The molecule has 4 heterocycles. The molecule has 5 nitrogen and oxygen atoms in total. The second-order valence-corrected chi connectivity index (χ2v) is 11.6. The van der Waals surface area contributed by atoms with Gasteiger partial charge in [0.2, 0.25) is 0 Å². The zero-order chi connectivity index (χ0) is 29.5. The van der Waals surface area contributed by atoms with Gasteiger partial charge < -0.3 is 13.5 Å². The molecule has 9 aromatic rings. The van der Waals surface area contributed by atoms with Crippen molar-refractivity contribution in [2.24, 2.45) is 0 Å². The van der Waals surface area contributed by atoms with E-state index in [4.69, 9.17) is 9.72 Å². The molecule has 0 aliphatic rings. The Labute approximate surface area is 274 Å². The molecule has 0 N–H and O–H groups in total. The molecule has 0 radical (unpaired) electrons. The molecular formula is C39H26N4OPt. The molecule has 0 saturated heterocycles. The van der Waals surface area contributed by atoms with E-state index in [-0.39, 0.29) is 21.1 Å². The molecule has 0 amide bonds. The predicted octanol–water partition coefficient (Wildman–Crippen LogP) is 9.58. The number of para-hydroxylation sites is 1. The second kappa shape index (κ2) is 10.3. The normalized spacial score (nSPS) is 11.7. The number of nitrogens with zero attached hydrogens (tertiary/aromatic N) is 4. The number of pyridine rings is 2. The molecule has 0 atom stereocenters. The Kier molecular flexibility index (Phi) is 6.30. The number of hydrogen-bond acceptors (Lipinski definition) is 3. The van der Waals surface area contributed by atoms with Gasteiger partial charge in [0.25, 0.3) is 0 Å². The molecule has 6 heteroatoms. The molecule has 218 valence electrons. The van der Waals surface area contributed by atoms with Crippen LogP contribution in [0.1, 0.15) is 16.7 Å². The average molecular weight is 762 g/mol. The molecule has 0 saturated carbocycles. The summed E-state index contributed by atoms with van der Waals surface area (Å²) < 4.78 is 10.7. The molecule has 9 rings (SSSR count). The summed E-state index contributed by atoms with van der Waals surface area (Å²) in [6.07, 6.45) is 7.68. The Bertz CT molecular complexity index is 2610. The van der Waals surface area contributed by atoms with Crippen molar-refractivity contribution >= 4 is 54.6 Å². The maximum absolute atomic E-state index is 6.40. The summed E-state index contributed by atoms with van der Waals surface area (Å²) in [5, 5.41) is 6.31. The first-order chi connectivity index (χ1) is 21.5. The Morgan fingerprint density at radius 1 is 0.600 bits per heavy atom. The third-order valence-corrected chi connectivity index (χ3v) is 8.75. The topological polar surface area (TPSA) is 43.8 Å². The summed E-state index contributed by atoms with van der Waals surface area (Å²) in [6, 6.07) is 34.8. The Hall–Kier alpha value is -4.99. The van der Waals surface area contributed by atoms with Gasteiger partial charge in [-0.05, 0) is 65.9 Å². The first-order valence-electron chi connectivity index (χ1n) is 14.7. The number of rotatable bonds is 3. The molecule has 0 unspecified atom stereocenters. The van der Waals surface area contributed by atoms with Crippen molar-refractivity contribution in [1.29, 1.82) is 0 Å². The van der Waals surface area contributed by atoms with E-state index in [0.717, 1.165) is 54.6 Å². The summed E-state index contributed by atoms with van der Waals surface area (Å²) in [6.45, 7) is 6.53. The van der Waals surface area contributed by atoms with Gasteiger partial charge >= 0.3 is 21.1 Å². The van der Waals surface area contributed by atoms with Gasteiger partial charge in [-0.15, -0.1) is 12.1 Å². The van der Waals surface area contributed by atoms with Crippen molar-refractivity contribution in [3.63, 3.8) is 0 Å². The van der Waals surface area contributed by atoms with Gasteiger partial charge in [-0.1, -0.05) is 93.8 Å². The van der Waals surface area contributed by atoms with Gasteiger partial charge in [0.1, 0.15) is 0 Å². The maximum Gasteiger partial charge on any atom is 2.00 e. The number of imidazole rings is 2. The third-order valence-electron chi connectivity index (χ3n) is 8.75. The SMILES string of the molecule is Cc1cc(C)c(-c2ccc3c4ccc(Oc5[c-]c6c(cc5)c5ccccc5n5ccnc65)[c-]c4c4nccn4c3c2)c(C)c1.[Pt+2]. The van der Waals surface area contributed by atoms with Gasteiger partial charge in [-0.2, -0.15) is 0 Å². The van der Waals surface area contributed by atoms with Crippen LogP contribution in [0.3, 0.4) is 0 Å². The van der Waals surface area contributed by atoms with E-state index in [2.05, 4.69) is 113 Å². The van der Waals surface area contributed by atoms with Crippen LogP contribution in [-0.4, -0.2) is 18.8 Å². The van der Waals surface area contributed by atoms with Crippen LogP contribution in [0.15, 0.2) is 104 Å². The van der Waals surface area contributed by atoms with Crippen molar-refractivity contribution in [2.75, 3.05) is 0 Å². The van der Waals surface area contributed by atoms with Crippen LogP contribution in [0.5, 0.6) is 11.5 Å². The van der Waals surface area contributed by atoms with Crippen LogP contribution in [0.25, 0.3) is 65.8 Å². The summed E-state index contributed by atoms with van der Waals surface area (Å²) in [4.78, 5) is 9.39. The van der Waals surface area contributed by atoms with Crippen molar-refractivity contribution < 1.29 is 25.8 Å². The standard InChI is InChI=1S/C39H26N4O.Pt/c1-23-18-24(2)37(25(3)19-23)26-8-11-32-30-13-10-28(22-34(30)39-41-15-17-43(39)36(32)20-26)44-27-9-12-29-31-6-4-5-7-35(31)42-16-14-40-38(42)33(29)21-27;/h4-20H,1-3H3;/q-2;+2. The van der Waals surface area contributed by atoms with Gasteiger partial charge in [0, 0.05) is 47.3 Å². The van der Waals surface area contributed by atoms with Crippen LogP contribution in [0, 0.1) is 32.9 Å². The van der Waals surface area contributed by atoms with E-state index in [1.54, 1.807) is 0 Å². The van der Waals surface area contributed by atoms with Crippen molar-refractivity contribution in [2.45, 2.75) is 20.8 Å². The number of fused-ring (bicyclic) bond motifs is 12. The van der Waals surface area contributed by atoms with E-state index < -0.39 is 0 Å². The molecule has 0 aliphatic heterocycles. The minimum atomic E-state index is 0. The van der Waals surface area contributed by atoms with Crippen LogP contribution in [0.2, 0.25) is 0 Å². The third kappa shape index (κ3) is 4.18. The Morgan fingerprint density at radius 3 is 1.80 bits per heavy atom. The van der Waals surface area contributed by atoms with Crippen LogP contribution in [-0.2, 0) is 21.1 Å². The largest absolute Gasteiger partial charge is 2.00 e. The average Bonchev–Trinajstić information content (AvgIpc) is 3.72. The van der Waals surface area contributed by atoms with Crippen molar-refractivity contribution in [3.05, 3.63) is 132 Å². The number of ether oxygens (including phenoxy) is 1. The summed E-state index contributed by atoms with van der Waals surface area (Å²) >= 11 is 0. The van der Waals surface area contributed by atoms with Crippen LogP contribution >= 0.6 is 0 Å². The van der Waals surface area contributed by atoms with Crippen molar-refractivity contribution in [3.8, 4) is 22.6 Å². The predicted molar refractivity (Wildman–Crippen MR) is 178 cm³/mol. The number of aryl methyl sites for hydroxylation is 3. The Morgan fingerprint density at radius 2 is 1.16 bits per heavy atom. The molecule has 45 heavy (non-hydrogen) atoms. The molecule has 0 aliphatic carbocycles. The number of aromatic nitrogens is 4. The summed E-state index contributed by atoms with van der Waals surface area (Å²) in [7, 11) is 0. The fourth-order valence-electron chi connectivity index (χ4n) is 7.01. The van der Waals surface area contributed by atoms with Crippen LogP contribution in [0.4, 0.5) is 0 Å². The van der Waals surface area contributed by atoms with Gasteiger partial charge in [-0.25, -0.2) is 0 Å². The molecule has 0 spiro atoms. The molecule has 0 bridgehead atoms. The van der Waals surface area contributed by atoms with E-state index in [1.165, 1.54) is 27.8 Å². The quantitative estimate of drug-likeness (QED) is 0.133. The Balaban J connectivity index is 0.00000300. The molecule has 4 aromatic heterocycles. The summed E-state index contributed by atoms with van der Waals surface area (Å²) in [5.41, 5.74) is 10.3. The minimum Gasteiger partial charge on any atom is -0.497 e. The second-order valence-electron chi connectivity index (χ2n) is 11.6. The van der Waals surface area contributed by atoms with E-state index in [0.29, 0.717) is 11.5 Å². The molecular weight excluding hydrogens is 736 g/mol. The maximum atomic E-state index is 6.40. The zero-order valence-corrected chi connectivity index (χ0v) is 27.1. The zero-order valence-electron chi connectivity index (χ0n) is 24.8. The smallest absolute Gasteiger partial charge is 0.497 e. The van der Waals surface area contributed by atoms with Gasteiger partial charge in [0.05, 0.1) is 11.3 Å². The number of benzene rings is 5. The fraction of sp³-hybridized carbons (Fsp3) is 0.0769. The van der Waals surface area contributed by atoms with Crippen molar-refractivity contribution in [1.82, 2.24) is 18.8 Å². The number of hydrogen-bond donors (Lipinski definition) is 0.